The number of pyridine rings is 1. The maximum atomic E-state index is 11.6. The van der Waals surface area contributed by atoms with Crippen molar-refractivity contribution in [2.45, 2.75) is 20.0 Å². The van der Waals surface area contributed by atoms with Gasteiger partial charge in [0, 0.05) is 18.8 Å². The van der Waals surface area contributed by atoms with Crippen LogP contribution in [0.15, 0.2) is 35.3 Å². The zero-order valence-corrected chi connectivity index (χ0v) is 9.63. The second-order valence-electron chi connectivity index (χ2n) is 3.78. The average Bonchev–Trinajstić information content (AvgIpc) is 2.34. The quantitative estimate of drug-likeness (QED) is 0.831. The molecule has 0 saturated heterocycles. The Balaban J connectivity index is 2.37. The molecule has 2 aromatic rings. The van der Waals surface area contributed by atoms with Crippen LogP contribution in [0, 0.1) is 6.92 Å². The molecule has 0 saturated carbocycles. The van der Waals surface area contributed by atoms with Gasteiger partial charge in [0.25, 0.3) is 5.56 Å². The maximum Gasteiger partial charge on any atom is 0.267 e. The Morgan fingerprint density at radius 2 is 2.18 bits per heavy atom. The molecule has 0 unspecified atom stereocenters. The summed E-state index contributed by atoms with van der Waals surface area (Å²) in [5, 5.41) is 4.18. The van der Waals surface area contributed by atoms with Crippen LogP contribution in [0.4, 0.5) is 0 Å². The molecule has 88 valence electrons. The van der Waals surface area contributed by atoms with Crippen LogP contribution in [0.1, 0.15) is 17.0 Å². The Morgan fingerprint density at radius 1 is 1.35 bits per heavy atom. The first-order chi connectivity index (χ1) is 8.20. The summed E-state index contributed by atoms with van der Waals surface area (Å²) in [7, 11) is 0. The third-order valence-corrected chi connectivity index (χ3v) is 2.50. The number of nitrogens with zero attached hydrogens (tertiary/aromatic N) is 3. The lowest BCUT2D eigenvalue weighted by atomic mass is 10.2. The molecule has 0 aliphatic rings. The Kier molecular flexibility index (Phi) is 3.30. The predicted octanol–water partition coefficient (Wildman–Crippen LogP) is 0.454. The van der Waals surface area contributed by atoms with E-state index in [1.54, 1.807) is 12.3 Å². The van der Waals surface area contributed by atoms with Gasteiger partial charge in [0.1, 0.15) is 0 Å². The van der Waals surface area contributed by atoms with Gasteiger partial charge >= 0.3 is 0 Å². The molecule has 0 fully saturated rings. The summed E-state index contributed by atoms with van der Waals surface area (Å²) in [4.78, 5) is 15.8. The summed E-state index contributed by atoms with van der Waals surface area (Å²) < 4.78 is 1.42. The van der Waals surface area contributed by atoms with E-state index in [4.69, 9.17) is 5.73 Å². The largest absolute Gasteiger partial charge is 0.325 e. The number of rotatable bonds is 3. The van der Waals surface area contributed by atoms with Gasteiger partial charge in [-0.05, 0) is 24.6 Å². The molecular weight excluding hydrogens is 216 g/mol. The van der Waals surface area contributed by atoms with E-state index >= 15 is 0 Å². The van der Waals surface area contributed by atoms with Crippen LogP contribution in [-0.2, 0) is 13.1 Å². The van der Waals surface area contributed by atoms with Crippen LogP contribution in [0.2, 0.25) is 0 Å². The summed E-state index contributed by atoms with van der Waals surface area (Å²) in [6.45, 7) is 2.61. The smallest absolute Gasteiger partial charge is 0.267 e. The average molecular weight is 230 g/mol. The summed E-state index contributed by atoms with van der Waals surface area (Å²) in [5.74, 6) is 0. The molecule has 0 bridgehead atoms. The van der Waals surface area contributed by atoms with E-state index in [2.05, 4.69) is 10.1 Å². The van der Waals surface area contributed by atoms with Crippen molar-refractivity contribution in [2.24, 2.45) is 5.73 Å². The first kappa shape index (κ1) is 11.5. The molecule has 5 heteroatoms. The number of hydrogen-bond donors (Lipinski definition) is 1. The molecule has 0 aromatic carbocycles. The van der Waals surface area contributed by atoms with Crippen LogP contribution in [-0.4, -0.2) is 14.8 Å². The normalized spacial score (nSPS) is 10.5. The minimum Gasteiger partial charge on any atom is -0.325 e. The number of hydrogen-bond acceptors (Lipinski definition) is 4. The van der Waals surface area contributed by atoms with Gasteiger partial charge in [-0.1, -0.05) is 6.07 Å². The fraction of sp³-hybridized carbons (Fsp3) is 0.250. The third kappa shape index (κ3) is 2.57. The Morgan fingerprint density at radius 3 is 2.94 bits per heavy atom. The van der Waals surface area contributed by atoms with Crippen LogP contribution in [0.25, 0.3) is 0 Å². The van der Waals surface area contributed by atoms with Crippen molar-refractivity contribution in [1.82, 2.24) is 14.8 Å². The summed E-state index contributed by atoms with van der Waals surface area (Å²) in [6.07, 6.45) is 1.69. The Bertz CT molecular complexity index is 577. The highest BCUT2D eigenvalue weighted by Gasteiger charge is 2.04. The van der Waals surface area contributed by atoms with E-state index in [1.165, 1.54) is 10.7 Å². The predicted molar refractivity (Wildman–Crippen MR) is 64.5 cm³/mol. The van der Waals surface area contributed by atoms with Gasteiger partial charge in [-0.25, -0.2) is 4.68 Å². The number of aromatic nitrogens is 3. The van der Waals surface area contributed by atoms with E-state index in [1.807, 2.05) is 19.1 Å². The van der Waals surface area contributed by atoms with Gasteiger partial charge in [-0.2, -0.15) is 5.10 Å². The lowest BCUT2D eigenvalue weighted by molar-refractivity contribution is 0.622. The minimum absolute atomic E-state index is 0.123. The Hall–Kier alpha value is -2.01. The lowest BCUT2D eigenvalue weighted by Gasteiger charge is -2.08. The highest BCUT2D eigenvalue weighted by Crippen LogP contribution is 2.05. The summed E-state index contributed by atoms with van der Waals surface area (Å²) in [5.41, 5.74) is 8.01. The van der Waals surface area contributed by atoms with Gasteiger partial charge in [-0.3, -0.25) is 9.78 Å². The second-order valence-corrected chi connectivity index (χ2v) is 3.78. The van der Waals surface area contributed by atoms with Crippen molar-refractivity contribution >= 4 is 0 Å². The highest BCUT2D eigenvalue weighted by molar-refractivity contribution is 5.19. The van der Waals surface area contributed by atoms with Crippen LogP contribution < -0.4 is 11.3 Å². The third-order valence-electron chi connectivity index (χ3n) is 2.50. The molecule has 0 aliphatic heterocycles. The molecule has 2 N–H and O–H groups in total. The molecule has 2 heterocycles. The van der Waals surface area contributed by atoms with Gasteiger partial charge < -0.3 is 5.73 Å². The van der Waals surface area contributed by atoms with E-state index in [0.29, 0.717) is 13.1 Å². The summed E-state index contributed by atoms with van der Waals surface area (Å²) >= 11 is 0. The summed E-state index contributed by atoms with van der Waals surface area (Å²) in [6, 6.07) is 6.95. The van der Waals surface area contributed by atoms with E-state index < -0.39 is 0 Å². The molecule has 17 heavy (non-hydrogen) atoms. The zero-order valence-electron chi connectivity index (χ0n) is 9.63. The van der Waals surface area contributed by atoms with Crippen LogP contribution >= 0.6 is 0 Å². The van der Waals surface area contributed by atoms with Crippen molar-refractivity contribution in [3.05, 3.63) is 57.8 Å². The van der Waals surface area contributed by atoms with Gasteiger partial charge in [-0.15, -0.1) is 0 Å². The van der Waals surface area contributed by atoms with Crippen molar-refractivity contribution in [3.63, 3.8) is 0 Å². The highest BCUT2D eigenvalue weighted by atomic mass is 16.1. The molecular formula is C12H14N4O. The van der Waals surface area contributed by atoms with Crippen molar-refractivity contribution in [3.8, 4) is 0 Å². The van der Waals surface area contributed by atoms with Gasteiger partial charge in [0.05, 0.1) is 17.9 Å². The van der Waals surface area contributed by atoms with Crippen LogP contribution in [0.5, 0.6) is 0 Å². The fourth-order valence-electron chi connectivity index (χ4n) is 1.62. The molecule has 5 nitrogen and oxygen atoms in total. The van der Waals surface area contributed by atoms with Crippen molar-refractivity contribution in [1.29, 1.82) is 0 Å². The lowest BCUT2D eigenvalue weighted by Crippen LogP contribution is -2.24. The topological polar surface area (TPSA) is 73.8 Å². The van der Waals surface area contributed by atoms with Gasteiger partial charge in [0.15, 0.2) is 0 Å². The zero-order chi connectivity index (χ0) is 12.3. The first-order valence-electron chi connectivity index (χ1n) is 5.38. The monoisotopic (exact) mass is 230 g/mol. The molecule has 0 amide bonds. The molecule has 0 spiro atoms. The molecule has 2 rings (SSSR count). The number of aryl methyl sites for hydroxylation is 1. The van der Waals surface area contributed by atoms with E-state index in [0.717, 1.165) is 17.0 Å². The minimum atomic E-state index is -0.123. The molecule has 0 radical (unpaired) electrons. The van der Waals surface area contributed by atoms with E-state index in [9.17, 15) is 4.79 Å². The molecule has 0 aliphatic carbocycles. The second kappa shape index (κ2) is 4.88. The number of nitrogens with two attached hydrogens (primary N) is 1. The van der Waals surface area contributed by atoms with Crippen molar-refractivity contribution in [2.75, 3.05) is 0 Å². The fourth-order valence-corrected chi connectivity index (χ4v) is 1.62. The van der Waals surface area contributed by atoms with E-state index in [-0.39, 0.29) is 5.56 Å². The SMILES string of the molecule is Cc1ccc(=O)n(Cc2cccnc2CN)n1. The first-order valence-corrected chi connectivity index (χ1v) is 5.38. The van der Waals surface area contributed by atoms with Gasteiger partial charge in [0.2, 0.25) is 0 Å². The Labute approximate surface area is 98.9 Å². The molecule has 2 aromatic heterocycles. The molecule has 0 atom stereocenters. The standard InChI is InChI=1S/C12H14N4O/c1-9-4-5-12(17)16(15-9)8-10-3-2-6-14-11(10)7-13/h2-6H,7-8,13H2,1H3. The maximum absolute atomic E-state index is 11.6. The van der Waals surface area contributed by atoms with Crippen LogP contribution in [0.3, 0.4) is 0 Å². The van der Waals surface area contributed by atoms with Crippen molar-refractivity contribution < 1.29 is 0 Å².